The van der Waals surface area contributed by atoms with Crippen molar-refractivity contribution in [3.05, 3.63) is 11.6 Å². The van der Waals surface area contributed by atoms with Gasteiger partial charge in [0.2, 0.25) is 6.41 Å². The first-order valence-electron chi connectivity index (χ1n) is 1.38. The van der Waals surface area contributed by atoms with Gasteiger partial charge in [0.05, 0.1) is 0 Å². The van der Waals surface area contributed by atoms with Crippen LogP contribution in [0.3, 0.4) is 0 Å². The van der Waals surface area contributed by atoms with Gasteiger partial charge in [-0.2, -0.15) is 5.41 Å². The SMILES string of the molecule is O=CN/C=C/[S-].[Na+]. The molecule has 0 spiro atoms. The summed E-state index contributed by atoms with van der Waals surface area (Å²) in [5, 5.41) is 3.56. The average molecular weight is 125 g/mol. The molecule has 2 nitrogen and oxygen atoms in total. The zero-order valence-electron chi connectivity index (χ0n) is 4.05. The summed E-state index contributed by atoms with van der Waals surface area (Å²) in [6, 6.07) is 0. The molecule has 4 heteroatoms. The van der Waals surface area contributed by atoms with Gasteiger partial charge in [0.25, 0.3) is 0 Å². The third kappa shape index (κ3) is 10.7. The molecule has 0 rings (SSSR count). The fourth-order valence-electron chi connectivity index (χ4n) is 0.0786. The van der Waals surface area contributed by atoms with E-state index in [4.69, 9.17) is 0 Å². The molecule has 0 aliphatic heterocycles. The molecule has 0 saturated carbocycles. The van der Waals surface area contributed by atoms with Crippen molar-refractivity contribution in [1.29, 1.82) is 0 Å². The molecule has 0 aliphatic rings. The zero-order valence-corrected chi connectivity index (χ0v) is 6.87. The molecule has 1 amide bonds. The Bertz CT molecular complexity index is 66.0. The minimum atomic E-state index is 0. The molecule has 0 unspecified atom stereocenters. The Morgan fingerprint density at radius 3 is 2.29 bits per heavy atom. The van der Waals surface area contributed by atoms with Crippen LogP contribution in [0.5, 0.6) is 0 Å². The largest absolute Gasteiger partial charge is 1.00 e. The van der Waals surface area contributed by atoms with Crippen molar-refractivity contribution in [1.82, 2.24) is 5.32 Å². The fraction of sp³-hybridized carbons (Fsp3) is 0. The van der Waals surface area contributed by atoms with Crippen LogP contribution in [-0.2, 0) is 17.4 Å². The first-order valence-corrected chi connectivity index (χ1v) is 1.85. The molecule has 0 aliphatic carbocycles. The van der Waals surface area contributed by atoms with Crippen LogP contribution in [0, 0.1) is 0 Å². The number of hydrogen-bond donors (Lipinski definition) is 1. The molecule has 7 heavy (non-hydrogen) atoms. The van der Waals surface area contributed by atoms with Crippen molar-refractivity contribution in [3.8, 4) is 0 Å². The average Bonchev–Trinajstić information content (AvgIpc) is 1.61. The van der Waals surface area contributed by atoms with Crippen LogP contribution in [0.4, 0.5) is 0 Å². The molecule has 0 bridgehead atoms. The molecule has 34 valence electrons. The number of carbonyl (C=O) groups is 1. The second-order valence-corrected chi connectivity index (χ2v) is 0.859. The molecule has 1 N–H and O–H groups in total. The van der Waals surface area contributed by atoms with Crippen molar-refractivity contribution < 1.29 is 34.4 Å². The maximum absolute atomic E-state index is 9.36. The Balaban J connectivity index is 0. The van der Waals surface area contributed by atoms with E-state index >= 15 is 0 Å². The second kappa shape index (κ2) is 9.66. The number of amides is 1. The summed E-state index contributed by atoms with van der Waals surface area (Å²) in [7, 11) is 0. The molecule has 0 aromatic carbocycles. The summed E-state index contributed by atoms with van der Waals surface area (Å²) < 4.78 is 0. The number of rotatable bonds is 2. The van der Waals surface area contributed by atoms with Gasteiger partial charge >= 0.3 is 29.6 Å². The number of hydrogen-bond acceptors (Lipinski definition) is 2. The summed E-state index contributed by atoms with van der Waals surface area (Å²) in [6.45, 7) is 0. The molecule has 0 aromatic rings. The van der Waals surface area contributed by atoms with E-state index in [0.717, 1.165) is 0 Å². The van der Waals surface area contributed by atoms with Gasteiger partial charge in [-0.05, 0) is 6.20 Å². The van der Waals surface area contributed by atoms with E-state index in [2.05, 4.69) is 17.9 Å². The summed E-state index contributed by atoms with van der Waals surface area (Å²) in [5.74, 6) is 0. The van der Waals surface area contributed by atoms with Crippen LogP contribution >= 0.6 is 0 Å². The van der Waals surface area contributed by atoms with E-state index in [1.54, 1.807) is 0 Å². The van der Waals surface area contributed by atoms with Crippen molar-refractivity contribution in [2.45, 2.75) is 0 Å². The summed E-state index contributed by atoms with van der Waals surface area (Å²) in [5.41, 5.74) is 0. The maximum Gasteiger partial charge on any atom is 1.00 e. The molecule has 0 fully saturated rings. The first-order chi connectivity index (χ1) is 2.91. The van der Waals surface area contributed by atoms with Crippen LogP contribution in [-0.4, -0.2) is 6.41 Å². The number of carbonyl (C=O) groups excluding carboxylic acids is 1. The van der Waals surface area contributed by atoms with Crippen LogP contribution < -0.4 is 34.9 Å². The van der Waals surface area contributed by atoms with Crippen LogP contribution in [0.25, 0.3) is 0 Å². The summed E-state index contributed by atoms with van der Waals surface area (Å²) in [4.78, 5) is 9.36. The Labute approximate surface area is 70.1 Å². The first kappa shape index (κ1) is 10.4. The molecule has 0 saturated heterocycles. The second-order valence-electron chi connectivity index (χ2n) is 0.587. The maximum atomic E-state index is 9.36. The third-order valence-corrected chi connectivity index (χ3v) is 0.368. The van der Waals surface area contributed by atoms with Gasteiger partial charge in [0, 0.05) is 0 Å². The van der Waals surface area contributed by atoms with Crippen molar-refractivity contribution >= 4 is 19.0 Å². The van der Waals surface area contributed by atoms with Gasteiger partial charge in [-0.15, -0.1) is 0 Å². The molecule has 0 heterocycles. The van der Waals surface area contributed by atoms with Gasteiger partial charge in [0.15, 0.2) is 0 Å². The van der Waals surface area contributed by atoms with Crippen molar-refractivity contribution in [3.63, 3.8) is 0 Å². The minimum absolute atomic E-state index is 0. The van der Waals surface area contributed by atoms with Crippen LogP contribution in [0.15, 0.2) is 11.6 Å². The van der Waals surface area contributed by atoms with Crippen LogP contribution in [0.1, 0.15) is 0 Å². The smallest absolute Gasteiger partial charge is 0.786 e. The standard InChI is InChI=1S/C3H5NOS.Na/c5-3-4-1-2-6;/h1-3,6H,(H,4,5);/q;+1/p-1/b2-1+;. The Hall–Kier alpha value is 0.430. The van der Waals surface area contributed by atoms with Gasteiger partial charge in [-0.1, -0.05) is 0 Å². The predicted molar refractivity (Wildman–Crippen MR) is 25.7 cm³/mol. The van der Waals surface area contributed by atoms with Crippen LogP contribution in [0.2, 0.25) is 0 Å². The molecule has 0 atom stereocenters. The number of nitrogens with one attached hydrogen (secondary N) is 1. The molecular formula is C3H4NNaOS. The topological polar surface area (TPSA) is 29.1 Å². The summed E-state index contributed by atoms with van der Waals surface area (Å²) >= 11 is 4.32. The quantitative estimate of drug-likeness (QED) is 0.239. The van der Waals surface area contributed by atoms with Crippen molar-refractivity contribution in [2.75, 3.05) is 0 Å². The van der Waals surface area contributed by atoms with Gasteiger partial charge in [-0.3, -0.25) is 4.79 Å². The van der Waals surface area contributed by atoms with Gasteiger partial charge in [0.1, 0.15) is 0 Å². The Morgan fingerprint density at radius 1 is 1.57 bits per heavy atom. The Morgan fingerprint density at radius 2 is 2.14 bits per heavy atom. The molecule has 0 aromatic heterocycles. The van der Waals surface area contributed by atoms with E-state index in [-0.39, 0.29) is 29.6 Å². The van der Waals surface area contributed by atoms with Gasteiger partial charge < -0.3 is 17.9 Å². The van der Waals surface area contributed by atoms with E-state index in [9.17, 15) is 4.79 Å². The van der Waals surface area contributed by atoms with Gasteiger partial charge in [-0.25, -0.2) is 0 Å². The third-order valence-electron chi connectivity index (χ3n) is 0.232. The van der Waals surface area contributed by atoms with E-state index in [1.807, 2.05) is 0 Å². The van der Waals surface area contributed by atoms with E-state index in [0.29, 0.717) is 6.41 Å². The van der Waals surface area contributed by atoms with E-state index < -0.39 is 0 Å². The normalized spacial score (nSPS) is 7.43. The predicted octanol–water partition coefficient (Wildman–Crippen LogP) is -3.25. The zero-order chi connectivity index (χ0) is 4.83. The monoisotopic (exact) mass is 125 g/mol. The van der Waals surface area contributed by atoms with Crippen molar-refractivity contribution in [2.24, 2.45) is 0 Å². The summed E-state index contributed by atoms with van der Waals surface area (Å²) in [6.07, 6.45) is 1.94. The minimum Gasteiger partial charge on any atom is -0.786 e. The molecule has 0 radical (unpaired) electrons. The fourth-order valence-corrected chi connectivity index (χ4v) is 0.157. The van der Waals surface area contributed by atoms with E-state index in [1.165, 1.54) is 11.6 Å². The Kier molecular flexibility index (Phi) is 14.4. The molecular weight excluding hydrogens is 121 g/mol.